The van der Waals surface area contributed by atoms with Crippen LogP contribution in [-0.2, 0) is 38.0 Å². The molecule has 0 radical (unpaired) electrons. The lowest BCUT2D eigenvalue weighted by Gasteiger charge is -2.51. The van der Waals surface area contributed by atoms with Crippen molar-refractivity contribution < 1.29 is 38.0 Å². The van der Waals surface area contributed by atoms with Crippen LogP contribution in [-0.4, -0.2) is 116 Å². The Kier molecular flexibility index (Phi) is 12.2. The molecule has 0 aromatic rings. The van der Waals surface area contributed by atoms with Crippen molar-refractivity contribution in [3.8, 4) is 0 Å². The fraction of sp³-hybridized carbons (Fsp3) is 0.943. The summed E-state index contributed by atoms with van der Waals surface area (Å²) < 4.78 is 37.8. The maximum absolute atomic E-state index is 14.0. The molecule has 5 aliphatic rings. The highest BCUT2D eigenvalue weighted by atomic mass is 16.8. The molecule has 5 saturated heterocycles. The number of ether oxygens (including phenoxy) is 6. The first-order valence-corrected chi connectivity index (χ1v) is 18.2. The molecule has 10 nitrogen and oxygen atoms in total. The number of β-lactam (4-membered cyclic amide) rings is 2. The van der Waals surface area contributed by atoms with Gasteiger partial charge in [0.15, 0.2) is 5.79 Å². The molecular formula is C35H60N2O8. The van der Waals surface area contributed by atoms with Crippen LogP contribution in [0.2, 0.25) is 0 Å². The van der Waals surface area contributed by atoms with Gasteiger partial charge < -0.3 is 38.2 Å². The second kappa shape index (κ2) is 15.7. The average Bonchev–Trinajstić information content (AvgIpc) is 3.60. The van der Waals surface area contributed by atoms with Gasteiger partial charge >= 0.3 is 0 Å². The fourth-order valence-corrected chi connectivity index (χ4v) is 8.15. The van der Waals surface area contributed by atoms with Crippen LogP contribution in [0.4, 0.5) is 0 Å². The van der Waals surface area contributed by atoms with Gasteiger partial charge in [-0.2, -0.15) is 0 Å². The number of hydrogen-bond acceptors (Lipinski definition) is 8. The summed E-state index contributed by atoms with van der Waals surface area (Å²) in [5, 5.41) is 0. The van der Waals surface area contributed by atoms with Crippen LogP contribution in [0.1, 0.15) is 106 Å². The number of unbranched alkanes of at least 4 members (excludes halogenated alkanes) is 4. The molecule has 0 saturated carbocycles. The van der Waals surface area contributed by atoms with E-state index in [1.807, 2.05) is 23.6 Å². The van der Waals surface area contributed by atoms with Gasteiger partial charge in [0, 0.05) is 38.5 Å². The van der Waals surface area contributed by atoms with E-state index in [9.17, 15) is 9.59 Å². The lowest BCUT2D eigenvalue weighted by Crippen LogP contribution is -2.70. The minimum atomic E-state index is -0.882. The predicted molar refractivity (Wildman–Crippen MR) is 170 cm³/mol. The number of rotatable bonds is 20. The molecule has 0 spiro atoms. The van der Waals surface area contributed by atoms with Crippen LogP contribution in [0.15, 0.2) is 0 Å². The third-order valence-corrected chi connectivity index (χ3v) is 10.5. The quantitative estimate of drug-likeness (QED) is 0.140. The summed E-state index contributed by atoms with van der Waals surface area (Å²) in [6.45, 7) is 16.1. The van der Waals surface area contributed by atoms with Crippen LogP contribution < -0.4 is 0 Å². The SMILES string of the molecule is CCCCOC[C@H]1[C@@H](OCCCC)CC2[C@H]([C@H]3OC(C)(C)O[C@@H]3[C@@H]3C(=O)N4[C@@H]3C[C@H](OCCCC)[C@@H]4COCCCC)C(=O)N21. The Morgan fingerprint density at radius 1 is 0.644 bits per heavy atom. The first-order valence-electron chi connectivity index (χ1n) is 18.2. The maximum Gasteiger partial charge on any atom is 0.231 e. The van der Waals surface area contributed by atoms with Gasteiger partial charge in [-0.25, -0.2) is 0 Å². The van der Waals surface area contributed by atoms with Crippen molar-refractivity contribution in [1.82, 2.24) is 9.80 Å². The second-order valence-corrected chi connectivity index (χ2v) is 14.2. The minimum absolute atomic E-state index is 0.00592. The molecule has 2 amide bonds. The van der Waals surface area contributed by atoms with Crippen molar-refractivity contribution in [3.05, 3.63) is 0 Å². The van der Waals surface area contributed by atoms with Crippen molar-refractivity contribution in [1.29, 1.82) is 0 Å². The molecule has 0 aromatic carbocycles. The van der Waals surface area contributed by atoms with E-state index < -0.39 is 18.0 Å². The van der Waals surface area contributed by atoms with Gasteiger partial charge in [0.1, 0.15) is 12.2 Å². The molecule has 10 atom stereocenters. The van der Waals surface area contributed by atoms with Gasteiger partial charge in [0.25, 0.3) is 0 Å². The van der Waals surface area contributed by atoms with Gasteiger partial charge in [0.05, 0.1) is 49.3 Å². The molecule has 0 bridgehead atoms. The van der Waals surface area contributed by atoms with Crippen molar-refractivity contribution in [2.45, 2.75) is 160 Å². The van der Waals surface area contributed by atoms with E-state index >= 15 is 0 Å². The Labute approximate surface area is 271 Å². The summed E-state index contributed by atoms with van der Waals surface area (Å²) in [5.74, 6) is -1.46. The molecule has 0 aromatic heterocycles. The van der Waals surface area contributed by atoms with Crippen molar-refractivity contribution in [2.24, 2.45) is 11.8 Å². The first kappa shape index (κ1) is 35.0. The smallest absolute Gasteiger partial charge is 0.231 e. The first-order chi connectivity index (χ1) is 21.8. The predicted octanol–water partition coefficient (Wildman–Crippen LogP) is 4.71. The summed E-state index contributed by atoms with van der Waals surface area (Å²) >= 11 is 0. The Morgan fingerprint density at radius 3 is 1.40 bits per heavy atom. The molecule has 1 unspecified atom stereocenters. The summed E-state index contributed by atoms with van der Waals surface area (Å²) in [4.78, 5) is 31.9. The molecule has 258 valence electrons. The molecule has 0 N–H and O–H groups in total. The van der Waals surface area contributed by atoms with Gasteiger partial charge in [0.2, 0.25) is 11.8 Å². The zero-order valence-corrected chi connectivity index (χ0v) is 28.7. The largest absolute Gasteiger partial charge is 0.379 e. The Morgan fingerprint density at radius 2 is 1.02 bits per heavy atom. The van der Waals surface area contributed by atoms with Gasteiger partial charge in [-0.15, -0.1) is 0 Å². The van der Waals surface area contributed by atoms with Crippen molar-refractivity contribution in [3.63, 3.8) is 0 Å². The standard InChI is InChI=1S/C35H60N2O8/c1-7-11-15-40-21-25-27(42-17-13-9-3)19-23-29(33(38)36(23)25)31-32(45-35(5,6)44-31)30-24-20-28(43-18-14-10-4)26(37(24)34(30)39)22-41-16-12-8-2/h23-32H,7-22H2,1-6H3/t23-,24?,25+,26+,27+,28+,29-,30-,31-,32-/m1/s1. The van der Waals surface area contributed by atoms with E-state index in [-0.39, 0.29) is 60.0 Å². The summed E-state index contributed by atoms with van der Waals surface area (Å²) in [6.07, 6.45) is 8.68. The van der Waals surface area contributed by atoms with Crippen molar-refractivity contribution in [2.75, 3.05) is 39.6 Å². The van der Waals surface area contributed by atoms with Crippen LogP contribution in [0, 0.1) is 11.8 Å². The lowest BCUT2D eigenvalue weighted by atomic mass is 9.74. The van der Waals surface area contributed by atoms with Crippen molar-refractivity contribution >= 4 is 11.8 Å². The minimum Gasteiger partial charge on any atom is -0.379 e. The molecule has 5 fully saturated rings. The second-order valence-electron chi connectivity index (χ2n) is 14.2. The summed E-state index contributed by atoms with van der Waals surface area (Å²) in [6, 6.07) is -0.194. The number of carbonyl (C=O) groups is 2. The zero-order chi connectivity index (χ0) is 32.1. The lowest BCUT2D eigenvalue weighted by molar-refractivity contribution is -0.180. The number of carbonyl (C=O) groups excluding carboxylic acids is 2. The number of amides is 2. The van der Waals surface area contributed by atoms with E-state index in [1.54, 1.807) is 0 Å². The van der Waals surface area contributed by atoms with Gasteiger partial charge in [-0.3, -0.25) is 9.59 Å². The number of nitrogens with zero attached hydrogens (tertiary/aromatic N) is 2. The molecular weight excluding hydrogens is 576 g/mol. The normalized spacial score (nSPS) is 36.8. The van der Waals surface area contributed by atoms with Gasteiger partial charge in [-0.1, -0.05) is 53.4 Å². The zero-order valence-electron chi connectivity index (χ0n) is 28.7. The highest BCUT2D eigenvalue weighted by Gasteiger charge is 2.69. The summed E-state index contributed by atoms with van der Waals surface area (Å²) in [7, 11) is 0. The highest BCUT2D eigenvalue weighted by molar-refractivity contribution is 5.90. The Hall–Kier alpha value is -1.30. The van der Waals surface area contributed by atoms with E-state index in [2.05, 4.69) is 27.7 Å². The van der Waals surface area contributed by atoms with Crippen LogP contribution >= 0.6 is 0 Å². The fourth-order valence-electron chi connectivity index (χ4n) is 8.15. The van der Waals surface area contributed by atoms with E-state index in [0.29, 0.717) is 39.6 Å². The average molecular weight is 637 g/mol. The van der Waals surface area contributed by atoms with Crippen LogP contribution in [0.3, 0.4) is 0 Å². The molecule has 5 aliphatic heterocycles. The number of fused-ring (bicyclic) bond motifs is 2. The topological polar surface area (TPSA) is 96.0 Å². The third-order valence-electron chi connectivity index (χ3n) is 10.5. The molecule has 10 heteroatoms. The van der Waals surface area contributed by atoms with Crippen LogP contribution in [0.5, 0.6) is 0 Å². The Balaban J connectivity index is 1.30. The molecule has 45 heavy (non-hydrogen) atoms. The summed E-state index contributed by atoms with van der Waals surface area (Å²) in [5.41, 5.74) is 0. The monoisotopic (exact) mass is 636 g/mol. The Bertz CT molecular complexity index is 905. The number of hydrogen-bond donors (Lipinski definition) is 0. The van der Waals surface area contributed by atoms with Crippen LogP contribution in [0.25, 0.3) is 0 Å². The third kappa shape index (κ3) is 7.26. The maximum atomic E-state index is 14.0. The highest BCUT2D eigenvalue weighted by Crippen LogP contribution is 2.52. The van der Waals surface area contributed by atoms with E-state index in [0.717, 1.165) is 64.2 Å². The molecule has 5 rings (SSSR count). The van der Waals surface area contributed by atoms with E-state index in [1.165, 1.54) is 0 Å². The van der Waals surface area contributed by atoms with Gasteiger partial charge in [-0.05, 0) is 52.4 Å². The molecule has 0 aliphatic carbocycles. The van der Waals surface area contributed by atoms with E-state index in [4.69, 9.17) is 28.4 Å². The molecule has 5 heterocycles.